The Morgan fingerprint density at radius 2 is 1.95 bits per heavy atom. The summed E-state index contributed by atoms with van der Waals surface area (Å²) in [5, 5.41) is 11.3. The van der Waals surface area contributed by atoms with Gasteiger partial charge in [0.05, 0.1) is 11.4 Å². The number of halogens is 3. The third kappa shape index (κ3) is 5.86. The molecule has 0 saturated carbocycles. The van der Waals surface area contributed by atoms with Gasteiger partial charge in [-0.05, 0) is 51.3 Å². The highest BCUT2D eigenvalue weighted by Gasteiger charge is 2.27. The summed E-state index contributed by atoms with van der Waals surface area (Å²) in [5.74, 6) is 0. The Bertz CT molecular complexity index is 419. The van der Waals surface area contributed by atoms with Gasteiger partial charge in [-0.2, -0.15) is 23.4 Å². The van der Waals surface area contributed by atoms with Crippen LogP contribution in [0, 0.1) is 13.8 Å². The lowest BCUT2D eigenvalue weighted by atomic mass is 9.99. The molecule has 6 heteroatoms. The van der Waals surface area contributed by atoms with Gasteiger partial charge in [-0.3, -0.25) is 0 Å². The van der Waals surface area contributed by atoms with Crippen LogP contribution in [0.2, 0.25) is 0 Å². The van der Waals surface area contributed by atoms with Gasteiger partial charge in [0.1, 0.15) is 0 Å². The van der Waals surface area contributed by atoms with E-state index in [-0.39, 0.29) is 12.5 Å². The summed E-state index contributed by atoms with van der Waals surface area (Å²) >= 11 is 0. The molecule has 1 heterocycles. The van der Waals surface area contributed by atoms with Crippen molar-refractivity contribution in [2.75, 3.05) is 6.54 Å². The van der Waals surface area contributed by atoms with Crippen LogP contribution in [-0.4, -0.2) is 22.9 Å². The molecule has 1 unspecified atom stereocenters. The van der Waals surface area contributed by atoms with Crippen molar-refractivity contribution in [1.29, 1.82) is 0 Å². The summed E-state index contributed by atoms with van der Waals surface area (Å²) < 4.78 is 36.8. The zero-order valence-corrected chi connectivity index (χ0v) is 12.2. The van der Waals surface area contributed by atoms with Gasteiger partial charge in [0.25, 0.3) is 0 Å². The minimum Gasteiger partial charge on any atom is -0.310 e. The van der Waals surface area contributed by atoms with Crippen LogP contribution in [0.4, 0.5) is 13.2 Å². The van der Waals surface area contributed by atoms with E-state index in [1.54, 1.807) is 0 Å². The Kier molecular flexibility index (Phi) is 6.39. The largest absolute Gasteiger partial charge is 0.389 e. The normalized spacial score (nSPS) is 13.5. The highest BCUT2D eigenvalue weighted by Crippen LogP contribution is 2.27. The summed E-state index contributed by atoms with van der Waals surface area (Å²) in [6, 6.07) is 1.81. The second-order valence-corrected chi connectivity index (χ2v) is 5.04. The van der Waals surface area contributed by atoms with E-state index < -0.39 is 12.6 Å². The van der Waals surface area contributed by atoms with Crippen LogP contribution in [0.3, 0.4) is 0 Å². The van der Waals surface area contributed by atoms with Gasteiger partial charge in [0.15, 0.2) is 0 Å². The van der Waals surface area contributed by atoms with Gasteiger partial charge in [0, 0.05) is 12.5 Å². The fourth-order valence-electron chi connectivity index (χ4n) is 2.12. The predicted molar refractivity (Wildman–Crippen MR) is 72.4 cm³/mol. The molecule has 0 spiro atoms. The molecule has 114 valence electrons. The molecule has 0 amide bonds. The van der Waals surface area contributed by atoms with Crippen molar-refractivity contribution in [3.05, 3.63) is 23.0 Å². The maximum absolute atomic E-state index is 12.3. The van der Waals surface area contributed by atoms with E-state index >= 15 is 0 Å². The Morgan fingerprint density at radius 1 is 1.25 bits per heavy atom. The van der Waals surface area contributed by atoms with E-state index in [1.165, 1.54) is 0 Å². The van der Waals surface area contributed by atoms with Crippen LogP contribution >= 0.6 is 0 Å². The van der Waals surface area contributed by atoms with Crippen molar-refractivity contribution in [2.45, 2.75) is 58.7 Å². The lowest BCUT2D eigenvalue weighted by molar-refractivity contribution is -0.135. The molecule has 1 rings (SSSR count). The number of nitrogens with zero attached hydrogens (tertiary/aromatic N) is 2. The quantitative estimate of drug-likeness (QED) is 0.828. The Hall–Kier alpha value is -1.17. The first-order valence-corrected chi connectivity index (χ1v) is 6.94. The molecule has 0 bridgehead atoms. The van der Waals surface area contributed by atoms with Gasteiger partial charge in [-0.15, -0.1) is 0 Å². The van der Waals surface area contributed by atoms with E-state index in [4.69, 9.17) is 0 Å². The summed E-state index contributed by atoms with van der Waals surface area (Å²) in [7, 11) is 0. The van der Waals surface area contributed by atoms with E-state index in [9.17, 15) is 13.2 Å². The second-order valence-electron chi connectivity index (χ2n) is 5.04. The van der Waals surface area contributed by atoms with Gasteiger partial charge >= 0.3 is 6.18 Å². The standard InChI is InChI=1S/C14H22F3N3/c1-4-8-18-13(6-5-7-14(15,16)17)12-9-10(2)19-20-11(12)3/h9,13,18H,4-8H2,1-3H3. The lowest BCUT2D eigenvalue weighted by Crippen LogP contribution is -2.24. The first-order valence-electron chi connectivity index (χ1n) is 6.94. The van der Waals surface area contributed by atoms with Crippen molar-refractivity contribution in [2.24, 2.45) is 0 Å². The Morgan fingerprint density at radius 3 is 2.55 bits per heavy atom. The first-order chi connectivity index (χ1) is 9.33. The molecule has 1 aromatic rings. The molecule has 1 N–H and O–H groups in total. The lowest BCUT2D eigenvalue weighted by Gasteiger charge is -2.21. The van der Waals surface area contributed by atoms with E-state index in [0.717, 1.165) is 29.9 Å². The van der Waals surface area contributed by atoms with Crippen molar-refractivity contribution in [3.63, 3.8) is 0 Å². The molecule has 0 aliphatic heterocycles. The third-order valence-corrected chi connectivity index (χ3v) is 3.11. The molecule has 0 fully saturated rings. The molecular weight excluding hydrogens is 267 g/mol. The molecule has 0 aliphatic carbocycles. The molecule has 3 nitrogen and oxygen atoms in total. The molecule has 0 radical (unpaired) electrons. The van der Waals surface area contributed by atoms with Crippen molar-refractivity contribution in [1.82, 2.24) is 15.5 Å². The number of rotatable bonds is 7. The molecular formula is C14H22F3N3. The number of hydrogen-bond donors (Lipinski definition) is 1. The summed E-state index contributed by atoms with van der Waals surface area (Å²) in [6.07, 6.45) is -3.33. The van der Waals surface area contributed by atoms with Crippen LogP contribution in [0.5, 0.6) is 0 Å². The molecule has 20 heavy (non-hydrogen) atoms. The van der Waals surface area contributed by atoms with Crippen LogP contribution in [0.1, 0.15) is 55.6 Å². The fourth-order valence-corrected chi connectivity index (χ4v) is 2.12. The van der Waals surface area contributed by atoms with Crippen molar-refractivity contribution in [3.8, 4) is 0 Å². The van der Waals surface area contributed by atoms with Gasteiger partial charge < -0.3 is 5.32 Å². The third-order valence-electron chi connectivity index (χ3n) is 3.11. The average molecular weight is 289 g/mol. The zero-order valence-electron chi connectivity index (χ0n) is 12.2. The Labute approximate surface area is 118 Å². The number of aryl methyl sites for hydroxylation is 2. The minimum atomic E-state index is -4.09. The minimum absolute atomic E-state index is 0.0912. The van der Waals surface area contributed by atoms with Crippen LogP contribution in [0.25, 0.3) is 0 Å². The Balaban J connectivity index is 2.75. The van der Waals surface area contributed by atoms with Gasteiger partial charge in [-0.25, -0.2) is 0 Å². The second kappa shape index (κ2) is 7.57. The van der Waals surface area contributed by atoms with Gasteiger partial charge in [0.2, 0.25) is 0 Å². The van der Waals surface area contributed by atoms with Crippen molar-refractivity contribution >= 4 is 0 Å². The summed E-state index contributed by atoms with van der Waals surface area (Å²) in [5.41, 5.74) is 2.51. The summed E-state index contributed by atoms with van der Waals surface area (Å²) in [4.78, 5) is 0. The predicted octanol–water partition coefficient (Wildman–Crippen LogP) is 3.87. The zero-order chi connectivity index (χ0) is 15.2. The van der Waals surface area contributed by atoms with Crippen LogP contribution in [-0.2, 0) is 0 Å². The number of alkyl halides is 3. The molecule has 1 aromatic heterocycles. The van der Waals surface area contributed by atoms with Crippen LogP contribution < -0.4 is 5.32 Å². The topological polar surface area (TPSA) is 37.8 Å². The van der Waals surface area contributed by atoms with E-state index in [0.29, 0.717) is 6.42 Å². The first kappa shape index (κ1) is 16.9. The molecule has 0 aliphatic rings. The number of hydrogen-bond acceptors (Lipinski definition) is 3. The van der Waals surface area contributed by atoms with E-state index in [2.05, 4.69) is 15.5 Å². The molecule has 0 aromatic carbocycles. The number of aromatic nitrogens is 2. The van der Waals surface area contributed by atoms with Gasteiger partial charge in [-0.1, -0.05) is 6.92 Å². The maximum atomic E-state index is 12.3. The smallest absolute Gasteiger partial charge is 0.310 e. The molecule has 1 atom stereocenters. The maximum Gasteiger partial charge on any atom is 0.389 e. The fraction of sp³-hybridized carbons (Fsp3) is 0.714. The highest BCUT2D eigenvalue weighted by atomic mass is 19.4. The van der Waals surface area contributed by atoms with Crippen molar-refractivity contribution < 1.29 is 13.2 Å². The average Bonchev–Trinajstić information content (AvgIpc) is 2.35. The summed E-state index contributed by atoms with van der Waals surface area (Å²) in [6.45, 7) is 6.48. The van der Waals surface area contributed by atoms with E-state index in [1.807, 2.05) is 26.8 Å². The number of nitrogens with one attached hydrogen (secondary N) is 1. The SMILES string of the molecule is CCCNC(CCCC(F)(F)F)c1cc(C)nnc1C. The highest BCUT2D eigenvalue weighted by molar-refractivity contribution is 5.23. The van der Waals surface area contributed by atoms with Crippen LogP contribution in [0.15, 0.2) is 6.07 Å². The molecule has 0 saturated heterocycles. The monoisotopic (exact) mass is 289 g/mol.